The lowest BCUT2D eigenvalue weighted by atomic mass is 9.96. The van der Waals surface area contributed by atoms with Crippen LogP contribution in [0.25, 0.3) is 101 Å². The summed E-state index contributed by atoms with van der Waals surface area (Å²) in [5.41, 5.74) is 20.3. The van der Waals surface area contributed by atoms with Crippen molar-refractivity contribution in [3.8, 4) is 85.2 Å². The number of amides is 4. The predicted octanol–water partition coefficient (Wildman–Crippen LogP) is 22.4. The van der Waals surface area contributed by atoms with Gasteiger partial charge in [-0.05, 0) is 203 Å². The number of hydrogen-bond acceptors (Lipinski definition) is 18. The molecule has 14 aromatic rings. The lowest BCUT2D eigenvalue weighted by Gasteiger charge is -2.32. The summed E-state index contributed by atoms with van der Waals surface area (Å²) in [6.07, 6.45) is 3.82. The van der Waals surface area contributed by atoms with Gasteiger partial charge in [0, 0.05) is 114 Å². The SMILES string of the molecule is CCc1cc(O)c(F)cc1-c1ccc2c(-c3nc4c([nH]3)CN(C(=O)N3CCC(O)CC3)C4)n[nH]c2c1.CCc1cc(OCc2ccccc2)c(F)cc1-c1ccc2c(-c3nc4c(n3COCC[Si](C)(C)C)CN(C(=O)N3CCC(O)CC3)C4)nn(COCC[Si](C)(C)C)c2c1.CCc1cc(OCc2ccccc2)c(F)cc1-c1ccc2c(-c3nc4c(n3COCC[Si](C)(C)C)CNC4)nn(COCC[Si](C)(C)C)c2c1. The first-order chi connectivity index (χ1) is 69.5. The van der Waals surface area contributed by atoms with Gasteiger partial charge in [-0.2, -0.15) is 15.3 Å². The van der Waals surface area contributed by atoms with Crippen LogP contribution < -0.4 is 14.8 Å². The molecule has 35 heteroatoms. The van der Waals surface area contributed by atoms with E-state index >= 15 is 8.78 Å². The summed E-state index contributed by atoms with van der Waals surface area (Å²) < 4.78 is 90.7. The highest BCUT2D eigenvalue weighted by Crippen LogP contribution is 2.43. The number of ether oxygens (including phenoxy) is 6. The van der Waals surface area contributed by atoms with Gasteiger partial charge in [-0.1, -0.05) is 178 Å². The van der Waals surface area contributed by atoms with E-state index < -0.39 is 43.9 Å². The lowest BCUT2D eigenvalue weighted by Crippen LogP contribution is -2.45. The van der Waals surface area contributed by atoms with Gasteiger partial charge in [0.2, 0.25) is 0 Å². The average molecular weight is 2050 g/mol. The zero-order valence-corrected chi connectivity index (χ0v) is 90.5. The molecule has 2 saturated heterocycles. The minimum atomic E-state index is -1.34. The van der Waals surface area contributed by atoms with E-state index in [1.165, 1.54) is 12.1 Å². The van der Waals surface area contributed by atoms with E-state index in [0.29, 0.717) is 154 Å². The normalized spacial score (nSPS) is 14.8. The van der Waals surface area contributed by atoms with Gasteiger partial charge in [0.25, 0.3) is 0 Å². The Morgan fingerprint density at radius 2 is 0.855 bits per heavy atom. The fraction of sp³-hybridized carbons (Fsp3) is 0.436. The summed E-state index contributed by atoms with van der Waals surface area (Å²) in [5.74, 6) is 0.852. The summed E-state index contributed by atoms with van der Waals surface area (Å²) in [6.45, 7) is 44.3. The molecule has 0 spiro atoms. The van der Waals surface area contributed by atoms with E-state index in [-0.39, 0.29) is 67.4 Å². The van der Waals surface area contributed by atoms with Crippen LogP contribution >= 0.6 is 0 Å². The van der Waals surface area contributed by atoms with Gasteiger partial charge in [-0.25, -0.2) is 47.1 Å². The van der Waals surface area contributed by atoms with Gasteiger partial charge in [-0.15, -0.1) is 0 Å². The van der Waals surface area contributed by atoms with E-state index in [1.54, 1.807) is 21.9 Å². The smallest absolute Gasteiger partial charge is 0.320 e. The number of hydrogen-bond donors (Lipinski definition) is 6. The fourth-order valence-electron chi connectivity index (χ4n) is 19.0. The van der Waals surface area contributed by atoms with Crippen molar-refractivity contribution in [2.45, 2.75) is 260 Å². The predicted molar refractivity (Wildman–Crippen MR) is 573 cm³/mol. The molecule has 4 amide bonds. The molecule has 8 aromatic carbocycles. The zero-order chi connectivity index (χ0) is 102. The first-order valence-electron chi connectivity index (χ1n) is 51.2. The van der Waals surface area contributed by atoms with Gasteiger partial charge in [0.1, 0.15) is 57.2 Å². The summed E-state index contributed by atoms with van der Waals surface area (Å²) in [4.78, 5) is 52.1. The van der Waals surface area contributed by atoms with Crippen LogP contribution in [-0.2, 0) is 118 Å². The van der Waals surface area contributed by atoms with Crippen LogP contribution in [0.5, 0.6) is 17.2 Å². The molecule has 6 aromatic heterocycles. The van der Waals surface area contributed by atoms with Crippen LogP contribution in [0.2, 0.25) is 103 Å². The number of aryl methyl sites for hydroxylation is 3. The number of carbonyl (C=O) groups excluding carboxylic acids is 2. The molecular weight excluding hydrogens is 1900 g/mol. The highest BCUT2D eigenvalue weighted by atomic mass is 28.3. The number of carbonyl (C=O) groups is 2. The van der Waals surface area contributed by atoms with Crippen LogP contribution in [-0.4, -0.2) is 203 Å². The van der Waals surface area contributed by atoms with Crippen LogP contribution in [0.15, 0.2) is 152 Å². The topological polar surface area (TPSA) is 304 Å². The maximum atomic E-state index is 15.8. The fourth-order valence-corrected chi connectivity index (χ4v) is 22.0. The number of fused-ring (bicyclic) bond motifs is 6. The third kappa shape index (κ3) is 25.2. The van der Waals surface area contributed by atoms with Gasteiger partial charge < -0.3 is 82.8 Å². The zero-order valence-electron chi connectivity index (χ0n) is 86.5. The summed E-state index contributed by atoms with van der Waals surface area (Å²) in [5, 5.41) is 53.5. The van der Waals surface area contributed by atoms with Gasteiger partial charge >= 0.3 is 12.1 Å². The molecule has 0 atom stereocenters. The molecule has 19 rings (SSSR count). The number of nitrogens with zero attached hydrogens (tertiary/aromatic N) is 14. The summed E-state index contributed by atoms with van der Waals surface area (Å²) >= 11 is 0. The van der Waals surface area contributed by atoms with Crippen molar-refractivity contribution < 1.29 is 66.5 Å². The van der Waals surface area contributed by atoms with E-state index in [9.17, 15) is 29.3 Å². The van der Waals surface area contributed by atoms with Crippen molar-refractivity contribution in [3.05, 3.63) is 231 Å². The van der Waals surface area contributed by atoms with Crippen LogP contribution in [0.3, 0.4) is 0 Å². The number of urea groups is 2. The second-order valence-electron chi connectivity index (χ2n) is 43.7. The number of aliphatic hydroxyl groups excluding tert-OH is 2. The molecule has 6 N–H and O–H groups in total. The number of piperidine rings is 2. The number of phenols is 1. The van der Waals surface area contributed by atoms with Gasteiger partial charge in [0.05, 0.1) is 89.1 Å². The Kier molecular flexibility index (Phi) is 32.6. The second-order valence-corrected chi connectivity index (χ2v) is 66.2. The highest BCUT2D eigenvalue weighted by molar-refractivity contribution is 6.77. The molecule has 5 aliphatic rings. The maximum absolute atomic E-state index is 15.8. The first-order valence-corrected chi connectivity index (χ1v) is 66.0. The minimum absolute atomic E-state index is 0.0234. The Balaban J connectivity index is 0.000000153. The van der Waals surface area contributed by atoms with Crippen LogP contribution in [0.4, 0.5) is 22.8 Å². The van der Waals surface area contributed by atoms with Crippen molar-refractivity contribution in [2.75, 3.05) is 52.6 Å². The van der Waals surface area contributed by atoms with E-state index in [4.69, 9.17) is 53.6 Å². The molecule has 5 aliphatic heterocycles. The van der Waals surface area contributed by atoms with Crippen molar-refractivity contribution >= 4 is 77.1 Å². The number of likely N-dealkylation sites (tertiary alicyclic amines) is 2. The largest absolute Gasteiger partial charge is 0.505 e. The van der Waals surface area contributed by atoms with E-state index in [1.807, 2.05) is 123 Å². The number of imidazole rings is 3. The van der Waals surface area contributed by atoms with Crippen molar-refractivity contribution in [1.29, 1.82) is 0 Å². The molecular formula is C110H140F3N17O11Si4. The first kappa shape index (κ1) is 104. The summed E-state index contributed by atoms with van der Waals surface area (Å²) in [6, 6.07) is 51.7. The number of nitrogens with one attached hydrogen (secondary N) is 3. The number of phenolic OH excluding ortho intramolecular Hbond substituents is 1. The van der Waals surface area contributed by atoms with Crippen molar-refractivity contribution in [2.24, 2.45) is 0 Å². The monoisotopic (exact) mass is 2040 g/mol. The van der Waals surface area contributed by atoms with Crippen LogP contribution in [0, 0.1) is 17.5 Å². The number of aliphatic hydroxyl groups is 2. The standard InChI is InChI=1S/C45H61FN6O5Si2.C39H52FN5O3Si2.C26H27FN6O3/c1-8-33-25-42(57-29-32-12-10-9-11-13-32)38(46)26-37(33)34-14-15-36-40(24-34)52(31-56-21-23-59(5,6)7)48-43(36)44-47-39-27-50(45(54)49-18-16-35(53)17-19-49)28-41(39)51(44)30-55-20-22-58(2,3)4;1-8-29-21-37(48-25-28-12-10-9-11-13-28)33(40)22-32(29)30-14-15-31-35(20-30)45(27-47-17-19-50(5,6)7)43-38(31)39-42-34-23-41-24-36(34)44(39)26-46-16-18-49(2,3)4;1-2-14-10-23(35)19(27)11-18(14)15-3-4-17-20(9-15)30-31-24(17)25-28-21-12-33(13-22(21)29-25)26(36)32-7-5-16(34)6-8-32/h9-15,24-26,35,53H,8,16-23,27-31H2,1-7H3;9-15,20-22,41H,8,16-19,23-27H2,1-7H3;3-4,9-11,16,34-35H,2,5-8,12-13H2,1H3,(H,28,29)(H,30,31). The lowest BCUT2D eigenvalue weighted by molar-refractivity contribution is 0.0773. The third-order valence-electron chi connectivity index (χ3n) is 27.7. The number of benzene rings is 8. The molecule has 11 heterocycles. The Hall–Kier alpha value is -11.9. The molecule has 145 heavy (non-hydrogen) atoms. The number of aromatic nitrogens is 12. The van der Waals surface area contributed by atoms with Crippen molar-refractivity contribution in [1.82, 2.24) is 83.7 Å². The molecule has 0 unspecified atom stereocenters. The molecule has 0 bridgehead atoms. The number of H-pyrrole nitrogens is 2. The third-order valence-corrected chi connectivity index (χ3v) is 34.6. The van der Waals surface area contributed by atoms with Crippen molar-refractivity contribution in [3.63, 3.8) is 0 Å². The van der Waals surface area contributed by atoms with E-state index in [2.05, 4.69) is 152 Å². The molecule has 28 nitrogen and oxygen atoms in total. The highest BCUT2D eigenvalue weighted by Gasteiger charge is 2.38. The Bertz CT molecular complexity index is 6900. The molecule has 0 saturated carbocycles. The minimum Gasteiger partial charge on any atom is -0.505 e. The number of aromatic amines is 2. The molecule has 0 aliphatic carbocycles. The second kappa shape index (κ2) is 45.2. The van der Waals surface area contributed by atoms with E-state index in [0.717, 1.165) is 190 Å². The quantitative estimate of drug-likeness (QED) is 0.0159. The summed E-state index contributed by atoms with van der Waals surface area (Å²) in [7, 11) is -5.15. The Morgan fingerprint density at radius 1 is 0.434 bits per heavy atom. The van der Waals surface area contributed by atoms with Gasteiger partial charge in [-0.3, -0.25) is 5.10 Å². The number of rotatable bonds is 35. The van der Waals surface area contributed by atoms with Crippen LogP contribution in [0.1, 0.15) is 108 Å². The average Bonchev–Trinajstić information content (AvgIpc) is 1.58. The Morgan fingerprint density at radius 3 is 1.32 bits per heavy atom. The molecule has 2 fully saturated rings. The molecule has 0 radical (unpaired) electrons. The number of aromatic hydroxyl groups is 1. The molecule has 768 valence electrons. The maximum Gasteiger partial charge on any atom is 0.320 e. The van der Waals surface area contributed by atoms with Gasteiger partial charge in [0.15, 0.2) is 52.2 Å². The number of halogens is 3. The Labute approximate surface area is 851 Å².